The van der Waals surface area contributed by atoms with Gasteiger partial charge in [0.05, 0.1) is 6.54 Å². The number of benzene rings is 1. The van der Waals surface area contributed by atoms with E-state index in [2.05, 4.69) is 16.0 Å². The highest BCUT2D eigenvalue weighted by Crippen LogP contribution is 2.18. The van der Waals surface area contributed by atoms with Crippen molar-refractivity contribution in [2.45, 2.75) is 25.4 Å². The lowest BCUT2D eigenvalue weighted by molar-refractivity contribution is -0.120. The maximum Gasteiger partial charge on any atom is 0.315 e. The molecule has 1 saturated carbocycles. The van der Waals surface area contributed by atoms with E-state index in [1.807, 2.05) is 12.1 Å². The SMILES string of the molecule is O=C(CNC(=O)NCc1cccc(Cl)c1)NC1CC1. The van der Waals surface area contributed by atoms with Gasteiger partial charge in [0, 0.05) is 17.6 Å². The minimum atomic E-state index is -0.370. The molecule has 3 amide bonds. The van der Waals surface area contributed by atoms with Crippen molar-refractivity contribution in [2.24, 2.45) is 0 Å². The van der Waals surface area contributed by atoms with Gasteiger partial charge in [0.1, 0.15) is 0 Å². The summed E-state index contributed by atoms with van der Waals surface area (Å²) in [6, 6.07) is 7.18. The van der Waals surface area contributed by atoms with Crippen molar-refractivity contribution in [3.8, 4) is 0 Å². The zero-order chi connectivity index (χ0) is 13.7. The number of rotatable bonds is 5. The first-order chi connectivity index (χ1) is 9.13. The van der Waals surface area contributed by atoms with Crippen molar-refractivity contribution >= 4 is 23.5 Å². The smallest absolute Gasteiger partial charge is 0.315 e. The second kappa shape index (κ2) is 6.43. The monoisotopic (exact) mass is 281 g/mol. The molecule has 1 aliphatic carbocycles. The van der Waals surface area contributed by atoms with E-state index < -0.39 is 0 Å². The van der Waals surface area contributed by atoms with Crippen LogP contribution in [-0.2, 0) is 11.3 Å². The van der Waals surface area contributed by atoms with E-state index in [1.54, 1.807) is 12.1 Å². The van der Waals surface area contributed by atoms with E-state index in [0.29, 0.717) is 17.6 Å². The van der Waals surface area contributed by atoms with Crippen LogP contribution in [0, 0.1) is 0 Å². The fourth-order valence-corrected chi connectivity index (χ4v) is 1.77. The van der Waals surface area contributed by atoms with Crippen LogP contribution in [0.5, 0.6) is 0 Å². The van der Waals surface area contributed by atoms with E-state index in [-0.39, 0.29) is 18.5 Å². The molecule has 0 aliphatic heterocycles. The lowest BCUT2D eigenvalue weighted by Crippen LogP contribution is -2.42. The highest BCUT2D eigenvalue weighted by atomic mass is 35.5. The summed E-state index contributed by atoms with van der Waals surface area (Å²) in [5.41, 5.74) is 0.907. The fraction of sp³-hybridized carbons (Fsp3) is 0.385. The predicted molar refractivity (Wildman–Crippen MR) is 72.9 cm³/mol. The first-order valence-electron chi connectivity index (χ1n) is 6.19. The number of halogens is 1. The van der Waals surface area contributed by atoms with Crippen LogP contribution in [-0.4, -0.2) is 24.5 Å². The van der Waals surface area contributed by atoms with Gasteiger partial charge < -0.3 is 16.0 Å². The van der Waals surface area contributed by atoms with Gasteiger partial charge in [-0.1, -0.05) is 23.7 Å². The van der Waals surface area contributed by atoms with Crippen molar-refractivity contribution in [1.82, 2.24) is 16.0 Å². The molecule has 0 bridgehead atoms. The first-order valence-corrected chi connectivity index (χ1v) is 6.57. The quantitative estimate of drug-likeness (QED) is 0.764. The summed E-state index contributed by atoms with van der Waals surface area (Å²) < 4.78 is 0. The van der Waals surface area contributed by atoms with Crippen molar-refractivity contribution in [2.75, 3.05) is 6.54 Å². The summed E-state index contributed by atoms with van der Waals surface area (Å²) in [6.07, 6.45) is 2.07. The van der Waals surface area contributed by atoms with Crippen LogP contribution in [0.2, 0.25) is 5.02 Å². The molecule has 19 heavy (non-hydrogen) atoms. The summed E-state index contributed by atoms with van der Waals surface area (Å²) in [4.78, 5) is 22.8. The largest absolute Gasteiger partial charge is 0.352 e. The normalized spacial score (nSPS) is 13.7. The van der Waals surface area contributed by atoms with E-state index in [0.717, 1.165) is 18.4 Å². The van der Waals surface area contributed by atoms with Gasteiger partial charge in [0.15, 0.2) is 0 Å². The van der Waals surface area contributed by atoms with Gasteiger partial charge in [-0.3, -0.25) is 4.79 Å². The van der Waals surface area contributed by atoms with Gasteiger partial charge in [-0.25, -0.2) is 4.79 Å². The molecule has 0 spiro atoms. The standard InChI is InChI=1S/C13H16ClN3O2/c14-10-3-1-2-9(6-10)7-15-13(19)16-8-12(18)17-11-4-5-11/h1-3,6,11H,4-5,7-8H2,(H,17,18)(H2,15,16,19). The second-order valence-corrected chi connectivity index (χ2v) is 4.94. The molecule has 3 N–H and O–H groups in total. The third kappa shape index (κ3) is 5.18. The van der Waals surface area contributed by atoms with Gasteiger partial charge >= 0.3 is 6.03 Å². The molecule has 1 aromatic carbocycles. The van der Waals surface area contributed by atoms with Gasteiger partial charge in [-0.15, -0.1) is 0 Å². The number of nitrogens with one attached hydrogen (secondary N) is 3. The summed E-state index contributed by atoms with van der Waals surface area (Å²) in [5.74, 6) is -0.152. The maximum atomic E-state index is 11.5. The summed E-state index contributed by atoms with van der Waals surface area (Å²) in [6.45, 7) is 0.370. The molecule has 5 nitrogen and oxygen atoms in total. The van der Waals surface area contributed by atoms with Gasteiger partial charge in [-0.2, -0.15) is 0 Å². The lowest BCUT2D eigenvalue weighted by Gasteiger charge is -2.08. The molecule has 0 radical (unpaired) electrons. The molecule has 2 rings (SSSR count). The van der Waals surface area contributed by atoms with Crippen molar-refractivity contribution in [1.29, 1.82) is 0 Å². The molecule has 0 aromatic heterocycles. The van der Waals surface area contributed by atoms with Crippen molar-refractivity contribution < 1.29 is 9.59 Å². The molecule has 1 aliphatic rings. The van der Waals surface area contributed by atoms with Crippen molar-refractivity contribution in [3.05, 3.63) is 34.9 Å². The molecule has 0 heterocycles. The van der Waals surface area contributed by atoms with Crippen LogP contribution in [0.3, 0.4) is 0 Å². The predicted octanol–water partition coefficient (Wildman–Crippen LogP) is 1.42. The Kier molecular flexibility index (Phi) is 4.63. The summed E-state index contributed by atoms with van der Waals surface area (Å²) in [7, 11) is 0. The Morgan fingerprint density at radius 2 is 2.05 bits per heavy atom. The van der Waals surface area contributed by atoms with Crippen LogP contribution in [0.15, 0.2) is 24.3 Å². The Morgan fingerprint density at radius 1 is 1.26 bits per heavy atom. The summed E-state index contributed by atoms with van der Waals surface area (Å²) >= 11 is 5.84. The number of hydrogen-bond donors (Lipinski definition) is 3. The molecule has 1 aromatic rings. The van der Waals surface area contributed by atoms with Crippen LogP contribution >= 0.6 is 11.6 Å². The van der Waals surface area contributed by atoms with E-state index >= 15 is 0 Å². The van der Waals surface area contributed by atoms with E-state index in [1.165, 1.54) is 0 Å². The van der Waals surface area contributed by atoms with Crippen LogP contribution in [0.4, 0.5) is 4.79 Å². The van der Waals surface area contributed by atoms with E-state index in [4.69, 9.17) is 11.6 Å². The fourth-order valence-electron chi connectivity index (χ4n) is 1.56. The van der Waals surface area contributed by atoms with Crippen molar-refractivity contribution in [3.63, 3.8) is 0 Å². The van der Waals surface area contributed by atoms with Gasteiger partial charge in [0.2, 0.25) is 5.91 Å². The molecular weight excluding hydrogens is 266 g/mol. The van der Waals surface area contributed by atoms with Crippen LogP contribution in [0.1, 0.15) is 18.4 Å². The average molecular weight is 282 g/mol. The molecule has 102 valence electrons. The Hall–Kier alpha value is -1.75. The Bertz CT molecular complexity index is 475. The second-order valence-electron chi connectivity index (χ2n) is 4.51. The zero-order valence-electron chi connectivity index (χ0n) is 10.4. The van der Waals surface area contributed by atoms with Crippen LogP contribution < -0.4 is 16.0 Å². The number of urea groups is 1. The average Bonchev–Trinajstić information content (AvgIpc) is 3.18. The number of carbonyl (C=O) groups is 2. The molecule has 0 unspecified atom stereocenters. The number of carbonyl (C=O) groups excluding carboxylic acids is 2. The minimum Gasteiger partial charge on any atom is -0.352 e. The van der Waals surface area contributed by atoms with Crippen LogP contribution in [0.25, 0.3) is 0 Å². The Balaban J connectivity index is 1.65. The third-order valence-corrected chi connectivity index (χ3v) is 2.93. The topological polar surface area (TPSA) is 70.2 Å². The first kappa shape index (κ1) is 13.7. The lowest BCUT2D eigenvalue weighted by atomic mass is 10.2. The number of amides is 3. The number of hydrogen-bond acceptors (Lipinski definition) is 2. The summed E-state index contributed by atoms with van der Waals surface area (Å²) in [5, 5.41) is 8.59. The highest BCUT2D eigenvalue weighted by molar-refractivity contribution is 6.30. The maximum absolute atomic E-state index is 11.5. The third-order valence-electron chi connectivity index (χ3n) is 2.69. The van der Waals surface area contributed by atoms with E-state index in [9.17, 15) is 9.59 Å². The van der Waals surface area contributed by atoms with Gasteiger partial charge in [-0.05, 0) is 30.5 Å². The molecule has 0 saturated heterocycles. The molecular formula is C13H16ClN3O2. The minimum absolute atomic E-state index is 0.00210. The molecule has 6 heteroatoms. The molecule has 0 atom stereocenters. The highest BCUT2D eigenvalue weighted by Gasteiger charge is 2.23. The Labute approximate surface area is 116 Å². The molecule has 1 fully saturated rings. The zero-order valence-corrected chi connectivity index (χ0v) is 11.2. The van der Waals surface area contributed by atoms with Gasteiger partial charge in [0.25, 0.3) is 0 Å². The Morgan fingerprint density at radius 3 is 2.74 bits per heavy atom.